The molecule has 16 heteroatoms. The molecule has 0 aliphatic rings. The minimum absolute atomic E-state index is 0.180. The Bertz CT molecular complexity index is 1950. The molecule has 0 spiro atoms. The highest BCUT2D eigenvalue weighted by atomic mass is 16.5. The summed E-state index contributed by atoms with van der Waals surface area (Å²) in [6.07, 6.45) is 5.78. The summed E-state index contributed by atoms with van der Waals surface area (Å²) in [5.41, 5.74) is 3.16. The molecule has 0 bridgehead atoms. The van der Waals surface area contributed by atoms with Crippen molar-refractivity contribution >= 4 is 0 Å². The second-order valence-corrected chi connectivity index (χ2v) is 11.8. The fourth-order valence-corrected chi connectivity index (χ4v) is 5.63. The van der Waals surface area contributed by atoms with E-state index in [4.69, 9.17) is 9.47 Å². The number of hydrogen-bond donors (Lipinski definition) is 0. The summed E-state index contributed by atoms with van der Waals surface area (Å²) in [6, 6.07) is 15.6. The number of rotatable bonds is 16. The zero-order valence-corrected chi connectivity index (χ0v) is 28.1. The maximum atomic E-state index is 13.1. The first-order valence-corrected chi connectivity index (χ1v) is 16.1. The molecule has 16 nitrogen and oxygen atoms in total. The number of methoxy groups -OCH3 is 2. The zero-order chi connectivity index (χ0) is 34.3. The summed E-state index contributed by atoms with van der Waals surface area (Å²) in [7, 11) is 3.27. The van der Waals surface area contributed by atoms with Gasteiger partial charge in [-0.3, -0.25) is 18.5 Å². The van der Waals surface area contributed by atoms with Crippen LogP contribution in [0.5, 0.6) is 11.5 Å². The third-order valence-corrected chi connectivity index (χ3v) is 8.35. The van der Waals surface area contributed by atoms with Crippen LogP contribution in [0, 0.1) is 13.8 Å². The third-order valence-electron chi connectivity index (χ3n) is 8.35. The molecule has 0 atom stereocenters. The van der Waals surface area contributed by atoms with Gasteiger partial charge >= 0.3 is 11.4 Å². The van der Waals surface area contributed by atoms with Crippen LogP contribution in [0.3, 0.4) is 0 Å². The molecule has 0 saturated carbocycles. The molecule has 6 rings (SSSR count). The van der Waals surface area contributed by atoms with Crippen molar-refractivity contribution in [3.8, 4) is 11.5 Å². The van der Waals surface area contributed by atoms with Gasteiger partial charge in [0.25, 0.3) is 0 Å². The summed E-state index contributed by atoms with van der Waals surface area (Å²) in [5.74, 6) is 2.90. The molecule has 0 aliphatic carbocycles. The average Bonchev–Trinajstić information content (AvgIpc) is 3.88. The van der Waals surface area contributed by atoms with E-state index in [0.717, 1.165) is 29.0 Å². The van der Waals surface area contributed by atoms with Crippen LogP contribution >= 0.6 is 0 Å². The summed E-state index contributed by atoms with van der Waals surface area (Å²) in [6.45, 7) is 6.38. The van der Waals surface area contributed by atoms with E-state index in [0.29, 0.717) is 62.1 Å². The molecular formula is C33H40N12O4. The van der Waals surface area contributed by atoms with Crippen LogP contribution in [-0.2, 0) is 52.1 Å². The van der Waals surface area contributed by atoms with Gasteiger partial charge in [-0.2, -0.15) is 10.2 Å². The first-order valence-electron chi connectivity index (χ1n) is 16.1. The van der Waals surface area contributed by atoms with Crippen LogP contribution in [0.4, 0.5) is 0 Å². The van der Waals surface area contributed by atoms with Gasteiger partial charge in [-0.05, 0) is 68.5 Å². The predicted molar refractivity (Wildman–Crippen MR) is 179 cm³/mol. The van der Waals surface area contributed by atoms with Gasteiger partial charge in [-0.15, -0.1) is 10.2 Å². The summed E-state index contributed by atoms with van der Waals surface area (Å²) in [5, 5.41) is 25.8. The number of aryl methyl sites for hydroxylation is 6. The van der Waals surface area contributed by atoms with Crippen molar-refractivity contribution in [2.24, 2.45) is 0 Å². The van der Waals surface area contributed by atoms with Crippen molar-refractivity contribution in [1.82, 2.24) is 58.7 Å². The van der Waals surface area contributed by atoms with E-state index in [1.807, 2.05) is 74.8 Å². The van der Waals surface area contributed by atoms with Gasteiger partial charge in [0.15, 0.2) is 0 Å². The molecule has 49 heavy (non-hydrogen) atoms. The quantitative estimate of drug-likeness (QED) is 0.149. The molecule has 4 heterocycles. The van der Waals surface area contributed by atoms with Crippen molar-refractivity contribution in [2.45, 2.75) is 72.4 Å². The Morgan fingerprint density at radius 3 is 1.39 bits per heavy atom. The van der Waals surface area contributed by atoms with Crippen molar-refractivity contribution in [1.29, 1.82) is 0 Å². The van der Waals surface area contributed by atoms with Gasteiger partial charge in [-0.25, -0.2) is 19.0 Å². The lowest BCUT2D eigenvalue weighted by molar-refractivity contribution is 0.414. The van der Waals surface area contributed by atoms with E-state index in [1.54, 1.807) is 32.7 Å². The van der Waals surface area contributed by atoms with E-state index in [9.17, 15) is 9.59 Å². The van der Waals surface area contributed by atoms with E-state index >= 15 is 0 Å². The van der Waals surface area contributed by atoms with Crippen LogP contribution in [0.25, 0.3) is 0 Å². The maximum Gasteiger partial charge on any atom is 0.346 e. The van der Waals surface area contributed by atoms with Gasteiger partial charge < -0.3 is 9.47 Å². The highest BCUT2D eigenvalue weighted by molar-refractivity contribution is 5.28. The summed E-state index contributed by atoms with van der Waals surface area (Å²) >= 11 is 0. The Labute approximate surface area is 282 Å². The number of nitrogens with zero attached hydrogens (tertiary/aromatic N) is 12. The van der Waals surface area contributed by atoms with Crippen LogP contribution in [0.1, 0.15) is 40.6 Å². The van der Waals surface area contributed by atoms with Gasteiger partial charge in [0.1, 0.15) is 34.5 Å². The molecule has 0 aliphatic heterocycles. The lowest BCUT2D eigenvalue weighted by atomic mass is 10.1. The Balaban J connectivity index is 0.974. The maximum absolute atomic E-state index is 13.1. The molecule has 2 aromatic carbocycles. The van der Waals surface area contributed by atoms with Crippen LogP contribution < -0.4 is 20.9 Å². The number of hydrogen-bond acceptors (Lipinski definition) is 10. The van der Waals surface area contributed by atoms with E-state index in [1.165, 1.54) is 9.36 Å². The highest BCUT2D eigenvalue weighted by Crippen LogP contribution is 2.13. The fourth-order valence-electron chi connectivity index (χ4n) is 5.63. The molecule has 0 fully saturated rings. The van der Waals surface area contributed by atoms with Crippen molar-refractivity contribution in [3.05, 3.63) is 116 Å². The molecule has 0 N–H and O–H groups in total. The monoisotopic (exact) mass is 668 g/mol. The van der Waals surface area contributed by atoms with Crippen LogP contribution in [0.2, 0.25) is 0 Å². The van der Waals surface area contributed by atoms with E-state index in [2.05, 4.69) is 30.8 Å². The standard InChI is InChI=1S/C33H40N12O4/c1-24-36-44(32(46)42(24)18-14-26-6-10-30(48-3)11-7-26)22-28-20-40(38-34-28)16-5-17-41-21-29(35-39-41)23-45-33(47)43(25(2)37-45)19-15-27-8-12-31(49-4)13-9-27/h6-13,20-21H,5,14-19,22-23H2,1-4H3. The van der Waals surface area contributed by atoms with Gasteiger partial charge in [0, 0.05) is 26.2 Å². The Kier molecular flexibility index (Phi) is 10.1. The smallest absolute Gasteiger partial charge is 0.346 e. The lowest BCUT2D eigenvalue weighted by Crippen LogP contribution is -2.26. The molecular weight excluding hydrogens is 628 g/mol. The highest BCUT2D eigenvalue weighted by Gasteiger charge is 2.14. The molecule has 0 saturated heterocycles. The molecule has 4 aromatic heterocycles. The molecule has 0 radical (unpaired) electrons. The number of benzene rings is 2. The number of aromatic nitrogens is 12. The Hall–Kier alpha value is -5.80. The minimum atomic E-state index is -0.180. The number of ether oxygens (including phenoxy) is 2. The largest absolute Gasteiger partial charge is 0.497 e. The van der Waals surface area contributed by atoms with E-state index < -0.39 is 0 Å². The first-order chi connectivity index (χ1) is 23.8. The molecule has 256 valence electrons. The Morgan fingerprint density at radius 1 is 0.592 bits per heavy atom. The molecule has 0 unspecified atom stereocenters. The third kappa shape index (κ3) is 8.02. The average molecular weight is 669 g/mol. The predicted octanol–water partition coefficient (Wildman–Crippen LogP) is 1.89. The SMILES string of the molecule is COc1ccc(CCn2c(C)nn(Cc3cn(CCCn4cc(Cn5nc(C)n(CCc6ccc(OC)cc6)c5=O)nn4)nn3)c2=O)cc1. The summed E-state index contributed by atoms with van der Waals surface area (Å²) < 4.78 is 20.1. The topological polar surface area (TPSA) is 160 Å². The molecule has 0 amide bonds. The van der Waals surface area contributed by atoms with Crippen molar-refractivity contribution < 1.29 is 9.47 Å². The molecule has 6 aromatic rings. The van der Waals surface area contributed by atoms with Crippen LogP contribution in [-0.4, -0.2) is 72.9 Å². The van der Waals surface area contributed by atoms with Gasteiger partial charge in [0.05, 0.1) is 39.7 Å². The fraction of sp³-hybridized carbons (Fsp3) is 0.394. The normalized spacial score (nSPS) is 11.3. The first kappa shape index (κ1) is 33.1. The second kappa shape index (κ2) is 15.0. The van der Waals surface area contributed by atoms with Gasteiger partial charge in [0.2, 0.25) is 0 Å². The van der Waals surface area contributed by atoms with E-state index in [-0.39, 0.29) is 24.5 Å². The van der Waals surface area contributed by atoms with Crippen molar-refractivity contribution in [2.75, 3.05) is 14.2 Å². The van der Waals surface area contributed by atoms with Gasteiger partial charge in [-0.1, -0.05) is 34.7 Å². The van der Waals surface area contributed by atoms with Crippen LogP contribution in [0.15, 0.2) is 70.5 Å². The Morgan fingerprint density at radius 2 is 1.00 bits per heavy atom. The minimum Gasteiger partial charge on any atom is -0.497 e. The second-order valence-electron chi connectivity index (χ2n) is 11.8. The lowest BCUT2D eigenvalue weighted by Gasteiger charge is -2.05. The zero-order valence-electron chi connectivity index (χ0n) is 28.1. The van der Waals surface area contributed by atoms with Crippen molar-refractivity contribution in [3.63, 3.8) is 0 Å². The summed E-state index contributed by atoms with van der Waals surface area (Å²) in [4.78, 5) is 26.1.